The molecule has 2 saturated carbocycles. The van der Waals surface area contributed by atoms with Crippen LogP contribution in [0.4, 0.5) is 0 Å². The largest absolute Gasteiger partial charge is 0.103 e. The number of hydrogen-bond acceptors (Lipinski definition) is 0. The van der Waals surface area contributed by atoms with Crippen LogP contribution in [-0.4, -0.2) is 0 Å². The summed E-state index contributed by atoms with van der Waals surface area (Å²) >= 11 is 0. The first-order chi connectivity index (χ1) is 5.30. The fourth-order valence-electron chi connectivity index (χ4n) is 3.25. The van der Waals surface area contributed by atoms with Gasteiger partial charge in [-0.15, -0.1) is 6.58 Å². The minimum Gasteiger partial charge on any atom is -0.103 e. The van der Waals surface area contributed by atoms with Crippen LogP contribution in [0.25, 0.3) is 0 Å². The van der Waals surface area contributed by atoms with Crippen molar-refractivity contribution in [3.8, 4) is 0 Å². The van der Waals surface area contributed by atoms with Crippen molar-refractivity contribution in [2.45, 2.75) is 26.2 Å². The zero-order chi connectivity index (χ0) is 7.64. The lowest BCUT2D eigenvalue weighted by molar-refractivity contribution is 0.348. The highest BCUT2D eigenvalue weighted by Gasteiger charge is 2.74. The molecule has 0 saturated heterocycles. The van der Waals surface area contributed by atoms with E-state index in [-0.39, 0.29) is 0 Å². The van der Waals surface area contributed by atoms with Gasteiger partial charge in [-0.05, 0) is 31.1 Å². The molecule has 0 heteroatoms. The molecule has 1 spiro atoms. The van der Waals surface area contributed by atoms with Crippen molar-refractivity contribution in [3.05, 3.63) is 23.8 Å². The molecule has 0 bridgehead atoms. The molecule has 11 heavy (non-hydrogen) atoms. The molecule has 0 aromatic heterocycles. The zero-order valence-electron chi connectivity index (χ0n) is 7.06. The summed E-state index contributed by atoms with van der Waals surface area (Å²) in [5, 5.41) is 0. The maximum atomic E-state index is 3.84. The second kappa shape index (κ2) is 1.48. The van der Waals surface area contributed by atoms with Gasteiger partial charge in [-0.25, -0.2) is 0 Å². The van der Waals surface area contributed by atoms with Gasteiger partial charge in [0, 0.05) is 5.41 Å². The Morgan fingerprint density at radius 2 is 2.45 bits per heavy atom. The molecule has 3 aliphatic carbocycles. The standard InChI is InChI=1S/C11H14/c1-3-4-8-7(2)5-9-10-6-11(8,9)10/h3,7-8H,1,4-6H2,2H3. The van der Waals surface area contributed by atoms with Gasteiger partial charge in [0.1, 0.15) is 0 Å². The third-order valence-corrected chi connectivity index (χ3v) is 3.98. The third kappa shape index (κ3) is 0.473. The number of rotatable bonds is 2. The van der Waals surface area contributed by atoms with Crippen molar-refractivity contribution in [1.82, 2.24) is 0 Å². The van der Waals surface area contributed by atoms with Crippen molar-refractivity contribution < 1.29 is 0 Å². The summed E-state index contributed by atoms with van der Waals surface area (Å²) < 4.78 is 0. The Labute approximate surface area is 68.0 Å². The molecule has 0 aliphatic heterocycles. The first-order valence-corrected chi connectivity index (χ1v) is 4.64. The summed E-state index contributed by atoms with van der Waals surface area (Å²) in [6.45, 7) is 6.24. The Bertz CT molecular complexity index is 272. The van der Waals surface area contributed by atoms with E-state index in [2.05, 4.69) is 19.6 Å². The molecule has 58 valence electrons. The summed E-state index contributed by atoms with van der Waals surface area (Å²) in [5.41, 5.74) is 4.41. The van der Waals surface area contributed by atoms with Gasteiger partial charge in [-0.2, -0.15) is 0 Å². The molecule has 0 amide bonds. The number of hydrogen-bond donors (Lipinski definition) is 0. The number of allylic oxidation sites excluding steroid dienone is 3. The lowest BCUT2D eigenvalue weighted by Gasteiger charge is -2.16. The highest BCUT2D eigenvalue weighted by molar-refractivity contribution is 5.67. The van der Waals surface area contributed by atoms with Gasteiger partial charge in [0.05, 0.1) is 0 Å². The van der Waals surface area contributed by atoms with Crippen molar-refractivity contribution in [1.29, 1.82) is 0 Å². The van der Waals surface area contributed by atoms with Crippen LogP contribution >= 0.6 is 0 Å². The van der Waals surface area contributed by atoms with Crippen molar-refractivity contribution in [2.75, 3.05) is 0 Å². The second-order valence-corrected chi connectivity index (χ2v) is 4.42. The Hall–Kier alpha value is -0.520. The van der Waals surface area contributed by atoms with Gasteiger partial charge in [0.2, 0.25) is 0 Å². The first kappa shape index (κ1) is 6.05. The van der Waals surface area contributed by atoms with E-state index in [0.717, 1.165) is 17.3 Å². The van der Waals surface area contributed by atoms with Crippen LogP contribution in [0.5, 0.6) is 0 Å². The highest BCUT2D eigenvalue weighted by Crippen LogP contribution is 2.84. The Kier molecular flexibility index (Phi) is 0.812. The first-order valence-electron chi connectivity index (χ1n) is 4.64. The molecule has 0 nitrogen and oxygen atoms in total. The highest BCUT2D eigenvalue weighted by atomic mass is 14.8. The van der Waals surface area contributed by atoms with Crippen LogP contribution in [0.15, 0.2) is 23.8 Å². The fraction of sp³-hybridized carbons (Fsp3) is 0.636. The predicted molar refractivity (Wildman–Crippen MR) is 46.2 cm³/mol. The molecule has 3 atom stereocenters. The van der Waals surface area contributed by atoms with Crippen LogP contribution in [-0.2, 0) is 0 Å². The van der Waals surface area contributed by atoms with Gasteiger partial charge in [0.15, 0.2) is 0 Å². The quantitative estimate of drug-likeness (QED) is 0.525. The Balaban J connectivity index is 1.88. The predicted octanol–water partition coefficient (Wildman–Crippen LogP) is 2.92. The molecule has 0 aromatic rings. The molecule has 2 fully saturated rings. The molecule has 0 heterocycles. The van der Waals surface area contributed by atoms with E-state index in [1.54, 1.807) is 0 Å². The van der Waals surface area contributed by atoms with E-state index in [9.17, 15) is 0 Å². The molecule has 3 rings (SSSR count). The van der Waals surface area contributed by atoms with Crippen molar-refractivity contribution in [3.63, 3.8) is 0 Å². The molecule has 3 aliphatic rings. The zero-order valence-corrected chi connectivity index (χ0v) is 7.06. The molecular weight excluding hydrogens is 132 g/mol. The molecule has 0 radical (unpaired) electrons. The van der Waals surface area contributed by atoms with E-state index >= 15 is 0 Å². The summed E-state index contributed by atoms with van der Waals surface area (Å²) in [6.07, 6.45) is 6.21. The average molecular weight is 146 g/mol. The van der Waals surface area contributed by atoms with E-state index in [0.29, 0.717) is 0 Å². The van der Waals surface area contributed by atoms with E-state index in [4.69, 9.17) is 0 Å². The molecule has 0 N–H and O–H groups in total. The maximum absolute atomic E-state index is 3.84. The topological polar surface area (TPSA) is 0 Å². The van der Waals surface area contributed by atoms with Gasteiger partial charge in [0.25, 0.3) is 0 Å². The van der Waals surface area contributed by atoms with Gasteiger partial charge in [-0.3, -0.25) is 0 Å². The van der Waals surface area contributed by atoms with E-state index in [1.807, 2.05) is 11.1 Å². The Morgan fingerprint density at radius 1 is 1.64 bits per heavy atom. The van der Waals surface area contributed by atoms with Crippen molar-refractivity contribution in [2.24, 2.45) is 17.3 Å². The van der Waals surface area contributed by atoms with Gasteiger partial charge < -0.3 is 0 Å². The minimum atomic E-state index is 0.730. The minimum absolute atomic E-state index is 0.730. The van der Waals surface area contributed by atoms with Gasteiger partial charge in [-0.1, -0.05) is 24.1 Å². The molecular formula is C11H14. The second-order valence-electron chi connectivity index (χ2n) is 4.42. The molecule has 0 aromatic carbocycles. The fourth-order valence-corrected chi connectivity index (χ4v) is 3.25. The smallest absolute Gasteiger partial charge is 0.0198 e. The lowest BCUT2D eigenvalue weighted by atomic mass is 9.87. The summed E-state index contributed by atoms with van der Waals surface area (Å²) in [6, 6.07) is 0. The summed E-state index contributed by atoms with van der Waals surface area (Å²) in [4.78, 5) is 0. The molecule has 3 unspecified atom stereocenters. The van der Waals surface area contributed by atoms with Crippen molar-refractivity contribution >= 4 is 0 Å². The van der Waals surface area contributed by atoms with E-state index < -0.39 is 0 Å². The summed E-state index contributed by atoms with van der Waals surface area (Å²) in [7, 11) is 0. The van der Waals surface area contributed by atoms with Crippen LogP contribution in [0.3, 0.4) is 0 Å². The van der Waals surface area contributed by atoms with E-state index in [1.165, 1.54) is 19.3 Å². The summed E-state index contributed by atoms with van der Waals surface area (Å²) in [5.74, 6) is 1.89. The Morgan fingerprint density at radius 3 is 3.00 bits per heavy atom. The van der Waals surface area contributed by atoms with Crippen LogP contribution in [0, 0.1) is 17.3 Å². The third-order valence-electron chi connectivity index (χ3n) is 3.98. The van der Waals surface area contributed by atoms with Crippen LogP contribution < -0.4 is 0 Å². The lowest BCUT2D eigenvalue weighted by Crippen LogP contribution is -2.10. The van der Waals surface area contributed by atoms with Crippen LogP contribution in [0.2, 0.25) is 0 Å². The maximum Gasteiger partial charge on any atom is 0.0198 e. The average Bonchev–Trinajstić information content (AvgIpc) is 2.79. The van der Waals surface area contributed by atoms with Gasteiger partial charge >= 0.3 is 0 Å². The van der Waals surface area contributed by atoms with Crippen LogP contribution in [0.1, 0.15) is 26.2 Å². The normalized spacial score (nSPS) is 50.3. The SMILES string of the molecule is C=CCC1C(C)CC2=C3CC231. The monoisotopic (exact) mass is 146 g/mol.